The van der Waals surface area contributed by atoms with Crippen LogP contribution in [0.2, 0.25) is 5.02 Å². The van der Waals surface area contributed by atoms with Crippen LogP contribution in [0.5, 0.6) is 5.75 Å². The van der Waals surface area contributed by atoms with Crippen molar-refractivity contribution in [2.24, 2.45) is 0 Å². The van der Waals surface area contributed by atoms with Gasteiger partial charge in [0.2, 0.25) is 5.95 Å². The lowest BCUT2D eigenvalue weighted by Gasteiger charge is -2.12. The largest absolute Gasteiger partial charge is 0.495 e. The molecule has 0 aliphatic heterocycles. The molecule has 1 aromatic carbocycles. The third-order valence-corrected chi connectivity index (χ3v) is 3.78. The Morgan fingerprint density at radius 2 is 2.09 bits per heavy atom. The predicted molar refractivity (Wildman–Crippen MR) is 93.9 cm³/mol. The Labute approximate surface area is 141 Å². The third-order valence-electron chi connectivity index (χ3n) is 3.37. The minimum atomic E-state index is 0.408. The number of aromatic nitrogens is 3. The van der Waals surface area contributed by atoms with Crippen LogP contribution in [0.1, 0.15) is 31.7 Å². The van der Waals surface area contributed by atoms with Crippen LogP contribution in [0.4, 0.5) is 17.5 Å². The maximum absolute atomic E-state index is 6.11. The van der Waals surface area contributed by atoms with Gasteiger partial charge in [0, 0.05) is 17.6 Å². The van der Waals surface area contributed by atoms with Crippen LogP contribution >= 0.6 is 11.6 Å². The average molecular weight is 336 g/mol. The van der Waals surface area contributed by atoms with Crippen molar-refractivity contribution in [1.29, 1.82) is 0 Å². The number of hydrogen-bond donors (Lipinski definition) is 2. The number of benzene rings is 1. The number of hydrogen-bond acceptors (Lipinski definition) is 6. The second-order valence-corrected chi connectivity index (χ2v) is 5.63. The minimum Gasteiger partial charge on any atom is -0.495 e. The van der Waals surface area contributed by atoms with Gasteiger partial charge in [-0.1, -0.05) is 31.4 Å². The summed E-state index contributed by atoms with van der Waals surface area (Å²) in [6, 6.07) is 3.66. The fourth-order valence-electron chi connectivity index (χ4n) is 2.08. The molecule has 7 heteroatoms. The van der Waals surface area contributed by atoms with Crippen LogP contribution in [0.3, 0.4) is 0 Å². The maximum Gasteiger partial charge on any atom is 0.249 e. The van der Waals surface area contributed by atoms with Gasteiger partial charge in [0.1, 0.15) is 5.75 Å². The van der Waals surface area contributed by atoms with Gasteiger partial charge < -0.3 is 15.4 Å². The quantitative estimate of drug-likeness (QED) is 0.705. The van der Waals surface area contributed by atoms with E-state index in [1.807, 2.05) is 13.0 Å². The monoisotopic (exact) mass is 335 g/mol. The minimum absolute atomic E-state index is 0.408. The lowest BCUT2D eigenvalue weighted by molar-refractivity contribution is 0.416. The van der Waals surface area contributed by atoms with E-state index in [4.69, 9.17) is 16.3 Å². The number of ether oxygens (including phenoxy) is 1. The standard InChI is InChI=1S/C16H22ClN5O/c1-4-5-6-7-18-15-10-19-22-16(21-15)20-13-8-11(2)12(17)9-14(13)23-3/h8-10H,4-7H2,1-3H3,(H2,18,20,21,22). The van der Waals surface area contributed by atoms with E-state index < -0.39 is 0 Å². The van der Waals surface area contributed by atoms with Gasteiger partial charge in [0.05, 0.1) is 19.0 Å². The van der Waals surface area contributed by atoms with Gasteiger partial charge in [-0.25, -0.2) is 0 Å². The predicted octanol–water partition coefficient (Wildman–Crippen LogP) is 4.19. The van der Waals surface area contributed by atoms with E-state index in [0.29, 0.717) is 22.5 Å². The zero-order valence-corrected chi connectivity index (χ0v) is 14.4. The van der Waals surface area contributed by atoms with Gasteiger partial charge >= 0.3 is 0 Å². The van der Waals surface area contributed by atoms with Gasteiger partial charge in [-0.15, -0.1) is 5.10 Å². The first-order valence-corrected chi connectivity index (χ1v) is 8.06. The Morgan fingerprint density at radius 3 is 2.83 bits per heavy atom. The number of rotatable bonds is 8. The molecule has 2 rings (SSSR count). The molecule has 124 valence electrons. The van der Waals surface area contributed by atoms with Crippen LogP contribution in [0.15, 0.2) is 18.3 Å². The maximum atomic E-state index is 6.11. The summed E-state index contributed by atoms with van der Waals surface area (Å²) in [5, 5.41) is 15.0. The fourth-order valence-corrected chi connectivity index (χ4v) is 2.24. The van der Waals surface area contributed by atoms with Crippen LogP contribution in [-0.4, -0.2) is 28.8 Å². The Hall–Kier alpha value is -2.08. The second-order valence-electron chi connectivity index (χ2n) is 5.23. The molecule has 0 bridgehead atoms. The molecule has 0 radical (unpaired) electrons. The average Bonchev–Trinajstić information content (AvgIpc) is 2.55. The summed E-state index contributed by atoms with van der Waals surface area (Å²) in [7, 11) is 1.59. The van der Waals surface area contributed by atoms with Gasteiger partial charge in [0.15, 0.2) is 5.82 Å². The molecule has 0 saturated heterocycles. The highest BCUT2D eigenvalue weighted by Crippen LogP contribution is 2.32. The lowest BCUT2D eigenvalue weighted by Crippen LogP contribution is -2.07. The first-order chi connectivity index (χ1) is 11.1. The normalized spacial score (nSPS) is 10.4. The zero-order valence-electron chi connectivity index (χ0n) is 13.7. The molecular weight excluding hydrogens is 314 g/mol. The summed E-state index contributed by atoms with van der Waals surface area (Å²) in [5.74, 6) is 1.74. The lowest BCUT2D eigenvalue weighted by atomic mass is 10.2. The molecular formula is C16H22ClN5O. The summed E-state index contributed by atoms with van der Waals surface area (Å²) in [6.07, 6.45) is 5.10. The van der Waals surface area contributed by atoms with E-state index >= 15 is 0 Å². The Kier molecular flexibility index (Phi) is 6.40. The highest BCUT2D eigenvalue weighted by Gasteiger charge is 2.09. The van der Waals surface area contributed by atoms with Crippen LogP contribution < -0.4 is 15.4 Å². The molecule has 0 aliphatic carbocycles. The molecule has 0 saturated carbocycles. The molecule has 1 aromatic heterocycles. The number of halogens is 1. The third kappa shape index (κ3) is 4.96. The summed E-state index contributed by atoms with van der Waals surface area (Å²) in [4.78, 5) is 4.41. The van der Waals surface area contributed by atoms with Crippen molar-refractivity contribution in [2.75, 3.05) is 24.3 Å². The number of methoxy groups -OCH3 is 1. The van der Waals surface area contributed by atoms with Crippen LogP contribution in [0, 0.1) is 6.92 Å². The molecule has 0 amide bonds. The number of aryl methyl sites for hydroxylation is 1. The molecule has 0 atom stereocenters. The van der Waals surface area contributed by atoms with Crippen molar-refractivity contribution >= 4 is 29.1 Å². The van der Waals surface area contributed by atoms with E-state index in [0.717, 1.165) is 24.2 Å². The highest BCUT2D eigenvalue weighted by atomic mass is 35.5. The summed E-state index contributed by atoms with van der Waals surface area (Å²) >= 11 is 6.11. The Morgan fingerprint density at radius 1 is 1.26 bits per heavy atom. The summed E-state index contributed by atoms with van der Waals surface area (Å²) in [6.45, 7) is 4.98. The SMILES string of the molecule is CCCCCNc1cnnc(Nc2cc(C)c(Cl)cc2OC)n1. The van der Waals surface area contributed by atoms with Crippen LogP contribution in [-0.2, 0) is 0 Å². The zero-order chi connectivity index (χ0) is 16.7. The van der Waals surface area contributed by atoms with E-state index in [-0.39, 0.29) is 0 Å². The topological polar surface area (TPSA) is 72.0 Å². The molecule has 0 spiro atoms. The second kappa shape index (κ2) is 8.53. The van der Waals surface area contributed by atoms with E-state index in [1.165, 1.54) is 12.8 Å². The van der Waals surface area contributed by atoms with E-state index in [2.05, 4.69) is 32.7 Å². The first kappa shape index (κ1) is 17.3. The molecule has 23 heavy (non-hydrogen) atoms. The molecule has 1 heterocycles. The van der Waals surface area contributed by atoms with E-state index in [9.17, 15) is 0 Å². The number of nitrogens with one attached hydrogen (secondary N) is 2. The van der Waals surface area contributed by atoms with Crippen molar-refractivity contribution in [3.8, 4) is 5.75 Å². The molecule has 0 unspecified atom stereocenters. The van der Waals surface area contributed by atoms with Gasteiger partial charge in [-0.3, -0.25) is 0 Å². The number of unbranched alkanes of at least 4 members (excludes halogenated alkanes) is 2. The number of anilines is 3. The Bertz CT molecular complexity index is 650. The molecule has 0 aliphatic rings. The molecule has 2 aromatic rings. The van der Waals surface area contributed by atoms with Crippen molar-refractivity contribution in [3.63, 3.8) is 0 Å². The Balaban J connectivity index is 2.10. The van der Waals surface area contributed by atoms with E-state index in [1.54, 1.807) is 19.4 Å². The molecule has 0 fully saturated rings. The van der Waals surface area contributed by atoms with Gasteiger partial charge in [-0.2, -0.15) is 10.1 Å². The van der Waals surface area contributed by atoms with Crippen molar-refractivity contribution in [3.05, 3.63) is 28.9 Å². The first-order valence-electron chi connectivity index (χ1n) is 7.68. The van der Waals surface area contributed by atoms with Gasteiger partial charge in [0.25, 0.3) is 0 Å². The summed E-state index contributed by atoms with van der Waals surface area (Å²) in [5.41, 5.74) is 1.69. The smallest absolute Gasteiger partial charge is 0.249 e. The van der Waals surface area contributed by atoms with Gasteiger partial charge in [-0.05, 0) is 25.0 Å². The van der Waals surface area contributed by atoms with Crippen molar-refractivity contribution in [1.82, 2.24) is 15.2 Å². The molecule has 6 nitrogen and oxygen atoms in total. The number of nitrogens with zero attached hydrogens (tertiary/aromatic N) is 3. The van der Waals surface area contributed by atoms with Crippen LogP contribution in [0.25, 0.3) is 0 Å². The van der Waals surface area contributed by atoms with Crippen molar-refractivity contribution < 1.29 is 4.74 Å². The van der Waals surface area contributed by atoms with Crippen molar-refractivity contribution in [2.45, 2.75) is 33.1 Å². The highest BCUT2D eigenvalue weighted by molar-refractivity contribution is 6.31. The fraction of sp³-hybridized carbons (Fsp3) is 0.438. The molecule has 2 N–H and O–H groups in total. The summed E-state index contributed by atoms with van der Waals surface area (Å²) < 4.78 is 5.34.